The Hall–Kier alpha value is -3.09. The number of aliphatic hydroxyl groups excluding tert-OH is 1. The average Bonchev–Trinajstić information content (AvgIpc) is 2.78. The summed E-state index contributed by atoms with van der Waals surface area (Å²) in [7, 11) is 0. The van der Waals surface area contributed by atoms with Crippen LogP contribution in [0.2, 0.25) is 0 Å². The zero-order chi connectivity index (χ0) is 22.9. The zero-order valence-electron chi connectivity index (χ0n) is 18.0. The molecule has 3 N–H and O–H groups in total. The first-order valence-electron chi connectivity index (χ1n) is 10.7. The molecule has 3 rings (SSSR count). The third kappa shape index (κ3) is 6.97. The maximum atomic E-state index is 13.7. The van der Waals surface area contributed by atoms with E-state index in [0.717, 1.165) is 18.1 Å². The van der Waals surface area contributed by atoms with Crippen LogP contribution in [0, 0.1) is 11.6 Å². The lowest BCUT2D eigenvalue weighted by molar-refractivity contribution is 0.0830. The van der Waals surface area contributed by atoms with Gasteiger partial charge in [0.25, 0.3) is 5.91 Å². The van der Waals surface area contributed by atoms with Gasteiger partial charge in [0.2, 0.25) is 0 Å². The molecule has 6 heteroatoms. The fourth-order valence-corrected chi connectivity index (χ4v) is 3.57. The van der Waals surface area contributed by atoms with Gasteiger partial charge < -0.3 is 15.7 Å². The molecule has 3 aromatic carbocycles. The van der Waals surface area contributed by atoms with Crippen LogP contribution in [-0.4, -0.2) is 29.7 Å². The van der Waals surface area contributed by atoms with Crippen molar-refractivity contribution < 1.29 is 18.7 Å². The first-order chi connectivity index (χ1) is 15.4. The molecule has 2 atom stereocenters. The normalized spacial score (nSPS) is 12.9. The van der Waals surface area contributed by atoms with E-state index in [0.29, 0.717) is 17.7 Å². The van der Waals surface area contributed by atoms with Crippen molar-refractivity contribution in [2.45, 2.75) is 38.5 Å². The van der Waals surface area contributed by atoms with E-state index >= 15 is 0 Å². The fraction of sp³-hybridized carbons (Fsp3) is 0.269. The van der Waals surface area contributed by atoms with Gasteiger partial charge in [0, 0.05) is 24.7 Å². The van der Waals surface area contributed by atoms with Gasteiger partial charge >= 0.3 is 0 Å². The summed E-state index contributed by atoms with van der Waals surface area (Å²) >= 11 is 0. The number of carbonyl (C=O) groups is 1. The maximum Gasteiger partial charge on any atom is 0.251 e. The molecule has 0 spiro atoms. The number of carbonyl (C=O) groups excluding carboxylic acids is 1. The molecule has 0 unspecified atom stereocenters. The van der Waals surface area contributed by atoms with Gasteiger partial charge in [-0.1, -0.05) is 49.4 Å². The molecule has 32 heavy (non-hydrogen) atoms. The molecule has 0 aliphatic carbocycles. The minimum absolute atomic E-state index is 0.0847. The van der Waals surface area contributed by atoms with Crippen molar-refractivity contribution in [3.05, 3.63) is 107 Å². The van der Waals surface area contributed by atoms with Gasteiger partial charge in [0.15, 0.2) is 0 Å². The Morgan fingerprint density at radius 3 is 2.28 bits per heavy atom. The quantitative estimate of drug-likeness (QED) is 0.448. The number of nitrogens with one attached hydrogen (secondary N) is 2. The second kappa shape index (κ2) is 11.5. The molecular weight excluding hydrogens is 410 g/mol. The highest BCUT2D eigenvalue weighted by molar-refractivity contribution is 5.94. The van der Waals surface area contributed by atoms with Crippen LogP contribution >= 0.6 is 0 Å². The smallest absolute Gasteiger partial charge is 0.251 e. The molecule has 0 saturated heterocycles. The molecule has 0 aliphatic rings. The van der Waals surface area contributed by atoms with Crippen LogP contribution < -0.4 is 10.6 Å². The molecule has 168 valence electrons. The van der Waals surface area contributed by atoms with Crippen molar-refractivity contribution in [3.63, 3.8) is 0 Å². The summed E-state index contributed by atoms with van der Waals surface area (Å²) in [5.41, 5.74) is 3.12. The van der Waals surface area contributed by atoms with Crippen LogP contribution in [-0.2, 0) is 19.4 Å². The van der Waals surface area contributed by atoms with Gasteiger partial charge in [-0.15, -0.1) is 0 Å². The molecular formula is C26H28F2N2O2. The predicted molar refractivity (Wildman–Crippen MR) is 121 cm³/mol. The summed E-state index contributed by atoms with van der Waals surface area (Å²) in [6.07, 6.45) is 0.0544. The Kier molecular flexibility index (Phi) is 8.48. The SMILES string of the molecule is CCc1cccc(CNC[C@@H](O)[C@H](Cc2cc(F)cc(F)c2)NC(=O)c2ccccc2)c1. The van der Waals surface area contributed by atoms with Gasteiger partial charge in [0.05, 0.1) is 12.1 Å². The monoisotopic (exact) mass is 438 g/mol. The number of rotatable bonds is 10. The predicted octanol–water partition coefficient (Wildman–Crippen LogP) is 4.02. The molecule has 0 bridgehead atoms. The molecule has 0 aliphatic heterocycles. The third-order valence-electron chi connectivity index (χ3n) is 5.28. The van der Waals surface area contributed by atoms with E-state index in [1.165, 1.54) is 17.7 Å². The summed E-state index contributed by atoms with van der Waals surface area (Å²) in [6, 6.07) is 19.3. The lowest BCUT2D eigenvalue weighted by Gasteiger charge is -2.25. The van der Waals surface area contributed by atoms with E-state index in [2.05, 4.69) is 29.7 Å². The zero-order valence-corrected chi connectivity index (χ0v) is 18.0. The van der Waals surface area contributed by atoms with Crippen LogP contribution in [0.4, 0.5) is 8.78 Å². The fourth-order valence-electron chi connectivity index (χ4n) is 3.57. The highest BCUT2D eigenvalue weighted by Crippen LogP contribution is 2.13. The van der Waals surface area contributed by atoms with Crippen molar-refractivity contribution in [2.24, 2.45) is 0 Å². The van der Waals surface area contributed by atoms with Crippen LogP contribution in [0.5, 0.6) is 0 Å². The number of halogens is 2. The minimum Gasteiger partial charge on any atom is -0.390 e. The second-order valence-corrected chi connectivity index (χ2v) is 7.80. The van der Waals surface area contributed by atoms with E-state index in [-0.39, 0.29) is 18.9 Å². The standard InChI is InChI=1S/C26H28F2N2O2/c1-2-18-7-6-8-19(11-18)16-29-17-25(31)24(14-20-12-22(27)15-23(28)13-20)30-26(32)21-9-4-3-5-10-21/h3-13,15,24-25,29,31H,2,14,16-17H2,1H3,(H,30,32)/t24-,25+/m0/s1. The number of benzene rings is 3. The summed E-state index contributed by atoms with van der Waals surface area (Å²) in [6.45, 7) is 2.85. The van der Waals surface area contributed by atoms with Crippen molar-refractivity contribution in [1.82, 2.24) is 10.6 Å². The molecule has 0 saturated carbocycles. The van der Waals surface area contributed by atoms with Crippen LogP contribution in [0.1, 0.15) is 34.0 Å². The lowest BCUT2D eigenvalue weighted by atomic mass is 10.00. The number of aryl methyl sites for hydroxylation is 1. The Balaban J connectivity index is 1.68. The van der Waals surface area contributed by atoms with Crippen molar-refractivity contribution in [2.75, 3.05) is 6.54 Å². The molecule has 0 radical (unpaired) electrons. The summed E-state index contributed by atoms with van der Waals surface area (Å²) in [5, 5.41) is 16.8. The number of hydrogen-bond acceptors (Lipinski definition) is 3. The number of amides is 1. The van der Waals surface area contributed by atoms with E-state index in [9.17, 15) is 18.7 Å². The van der Waals surface area contributed by atoms with Gasteiger partial charge in [-0.2, -0.15) is 0 Å². The van der Waals surface area contributed by atoms with Crippen molar-refractivity contribution in [3.8, 4) is 0 Å². The van der Waals surface area contributed by atoms with Crippen LogP contribution in [0.3, 0.4) is 0 Å². The van der Waals surface area contributed by atoms with Crippen molar-refractivity contribution in [1.29, 1.82) is 0 Å². The van der Waals surface area contributed by atoms with Gasteiger partial charge in [-0.3, -0.25) is 4.79 Å². The van der Waals surface area contributed by atoms with Crippen LogP contribution in [0.15, 0.2) is 72.8 Å². The minimum atomic E-state index is -0.969. The second-order valence-electron chi connectivity index (χ2n) is 7.80. The molecule has 1 amide bonds. The van der Waals surface area contributed by atoms with E-state index in [1.54, 1.807) is 30.3 Å². The topological polar surface area (TPSA) is 61.4 Å². The average molecular weight is 439 g/mol. The summed E-state index contributed by atoms with van der Waals surface area (Å²) < 4.78 is 27.3. The van der Waals surface area contributed by atoms with Crippen LogP contribution in [0.25, 0.3) is 0 Å². The number of aliphatic hydroxyl groups is 1. The lowest BCUT2D eigenvalue weighted by Crippen LogP contribution is -2.48. The Bertz CT molecular complexity index is 1010. The molecule has 0 fully saturated rings. The van der Waals surface area contributed by atoms with E-state index in [1.807, 2.05) is 12.1 Å². The third-order valence-corrected chi connectivity index (χ3v) is 5.28. The summed E-state index contributed by atoms with van der Waals surface area (Å²) in [5.74, 6) is -1.75. The summed E-state index contributed by atoms with van der Waals surface area (Å²) in [4.78, 5) is 12.7. The molecule has 0 aromatic heterocycles. The first-order valence-corrected chi connectivity index (χ1v) is 10.7. The highest BCUT2D eigenvalue weighted by atomic mass is 19.1. The van der Waals surface area contributed by atoms with Gasteiger partial charge in [0.1, 0.15) is 11.6 Å². The highest BCUT2D eigenvalue weighted by Gasteiger charge is 2.23. The van der Waals surface area contributed by atoms with Gasteiger partial charge in [-0.05, 0) is 53.8 Å². The number of hydrogen-bond donors (Lipinski definition) is 3. The Morgan fingerprint density at radius 2 is 1.59 bits per heavy atom. The molecule has 0 heterocycles. The Morgan fingerprint density at radius 1 is 0.906 bits per heavy atom. The van der Waals surface area contributed by atoms with Crippen molar-refractivity contribution >= 4 is 5.91 Å². The molecule has 3 aromatic rings. The molecule has 4 nitrogen and oxygen atoms in total. The van der Waals surface area contributed by atoms with Gasteiger partial charge in [-0.25, -0.2) is 8.78 Å². The van der Waals surface area contributed by atoms with E-state index < -0.39 is 23.8 Å². The first kappa shape index (κ1) is 23.6. The largest absolute Gasteiger partial charge is 0.390 e. The maximum absolute atomic E-state index is 13.7. The van der Waals surface area contributed by atoms with E-state index in [4.69, 9.17) is 0 Å². The Labute approximate surface area is 187 Å².